The van der Waals surface area contributed by atoms with Crippen LogP contribution in [-0.2, 0) is 20.4 Å². The first-order valence-electron chi connectivity index (χ1n) is 11.0. The van der Waals surface area contributed by atoms with Gasteiger partial charge in [0.1, 0.15) is 17.5 Å². The van der Waals surface area contributed by atoms with Crippen molar-refractivity contribution in [3.63, 3.8) is 0 Å². The number of rotatable bonds is 4. The van der Waals surface area contributed by atoms with Gasteiger partial charge in [0.2, 0.25) is 5.91 Å². The van der Waals surface area contributed by atoms with Crippen molar-refractivity contribution in [3.05, 3.63) is 53.2 Å². The van der Waals surface area contributed by atoms with Crippen LogP contribution in [0.5, 0.6) is 0 Å². The Labute approximate surface area is 183 Å². The summed E-state index contributed by atoms with van der Waals surface area (Å²) < 4.78 is 19.6. The predicted molar refractivity (Wildman–Crippen MR) is 118 cm³/mol. The maximum Gasteiger partial charge on any atom is 0.233 e. The van der Waals surface area contributed by atoms with E-state index in [-0.39, 0.29) is 17.1 Å². The molecule has 0 bridgehead atoms. The van der Waals surface area contributed by atoms with E-state index < -0.39 is 5.41 Å². The van der Waals surface area contributed by atoms with E-state index in [1.165, 1.54) is 12.1 Å². The molecule has 4 rings (SSSR count). The second-order valence-corrected chi connectivity index (χ2v) is 9.06. The summed E-state index contributed by atoms with van der Waals surface area (Å²) in [6, 6.07) is 8.41. The molecule has 166 valence electrons. The van der Waals surface area contributed by atoms with Gasteiger partial charge in [0.15, 0.2) is 0 Å². The van der Waals surface area contributed by atoms with Crippen molar-refractivity contribution < 1.29 is 13.9 Å². The summed E-state index contributed by atoms with van der Waals surface area (Å²) in [7, 11) is 1.85. The lowest BCUT2D eigenvalue weighted by molar-refractivity contribution is -0.143. The molecule has 31 heavy (non-hydrogen) atoms. The van der Waals surface area contributed by atoms with Gasteiger partial charge < -0.3 is 15.0 Å². The fourth-order valence-electron chi connectivity index (χ4n) is 5.00. The van der Waals surface area contributed by atoms with Gasteiger partial charge in [0, 0.05) is 50.5 Å². The number of carbonyl (C=O) groups is 1. The zero-order chi connectivity index (χ0) is 22.1. The van der Waals surface area contributed by atoms with E-state index in [1.54, 1.807) is 6.07 Å². The fourth-order valence-corrected chi connectivity index (χ4v) is 5.00. The van der Waals surface area contributed by atoms with Gasteiger partial charge >= 0.3 is 0 Å². The molecule has 0 aliphatic carbocycles. The molecule has 2 fully saturated rings. The molecule has 1 N–H and O–H groups in total. The number of benzene rings is 1. The number of amides is 1. The number of halogens is 1. The maximum absolute atomic E-state index is 14.1. The number of hydrogen-bond acceptors (Lipinski definition) is 5. The number of anilines is 1. The molecular weight excluding hydrogens is 395 g/mol. The van der Waals surface area contributed by atoms with Crippen LogP contribution in [0, 0.1) is 12.7 Å². The van der Waals surface area contributed by atoms with Crippen LogP contribution in [0.4, 0.5) is 10.2 Å². The molecule has 3 heterocycles. The number of nitrogens with one attached hydrogen (secondary N) is 1. The van der Waals surface area contributed by atoms with E-state index in [4.69, 9.17) is 14.7 Å². The Balaban J connectivity index is 1.66. The van der Waals surface area contributed by atoms with Gasteiger partial charge in [-0.05, 0) is 50.3 Å². The molecule has 0 unspecified atom stereocenters. The second-order valence-electron chi connectivity index (χ2n) is 9.06. The number of ether oxygens (including phenoxy) is 1. The van der Waals surface area contributed by atoms with E-state index in [2.05, 4.69) is 12.2 Å². The van der Waals surface area contributed by atoms with Gasteiger partial charge in [-0.1, -0.05) is 19.1 Å². The van der Waals surface area contributed by atoms with Gasteiger partial charge in [-0.2, -0.15) is 0 Å². The summed E-state index contributed by atoms with van der Waals surface area (Å²) in [6.07, 6.45) is 2.92. The highest BCUT2D eigenvalue weighted by atomic mass is 19.1. The van der Waals surface area contributed by atoms with Crippen LogP contribution in [0.2, 0.25) is 0 Å². The SMILES string of the molecule is CNc1cc(C)nc([C@@]2(C)CCCN(C(=O)C3(c4cccc(F)c4)CCOCC3)C2)n1. The fraction of sp³-hybridized carbons (Fsp3) is 0.542. The Hall–Kier alpha value is -2.54. The van der Waals surface area contributed by atoms with E-state index in [0.29, 0.717) is 39.1 Å². The van der Waals surface area contributed by atoms with E-state index >= 15 is 0 Å². The summed E-state index contributed by atoms with van der Waals surface area (Å²) in [4.78, 5) is 25.4. The van der Waals surface area contributed by atoms with Crippen molar-refractivity contribution in [1.82, 2.24) is 14.9 Å². The molecule has 0 radical (unpaired) electrons. The number of likely N-dealkylation sites (tertiary alicyclic amines) is 1. The first-order chi connectivity index (χ1) is 14.9. The highest BCUT2D eigenvalue weighted by molar-refractivity contribution is 5.88. The van der Waals surface area contributed by atoms with Crippen LogP contribution in [0.1, 0.15) is 49.7 Å². The van der Waals surface area contributed by atoms with Crippen molar-refractivity contribution in [1.29, 1.82) is 0 Å². The van der Waals surface area contributed by atoms with E-state index in [1.807, 2.05) is 31.0 Å². The summed E-state index contributed by atoms with van der Waals surface area (Å²) in [5, 5.41) is 3.10. The zero-order valence-electron chi connectivity index (χ0n) is 18.6. The van der Waals surface area contributed by atoms with Crippen LogP contribution in [-0.4, -0.2) is 54.1 Å². The number of aryl methyl sites for hydroxylation is 1. The number of carbonyl (C=O) groups excluding carboxylic acids is 1. The average Bonchev–Trinajstić information content (AvgIpc) is 2.78. The average molecular weight is 427 g/mol. The number of nitrogens with zero attached hydrogens (tertiary/aromatic N) is 3. The number of piperidine rings is 1. The second kappa shape index (κ2) is 8.54. The van der Waals surface area contributed by atoms with E-state index in [9.17, 15) is 9.18 Å². The van der Waals surface area contributed by atoms with Crippen molar-refractivity contribution in [2.75, 3.05) is 38.7 Å². The lowest BCUT2D eigenvalue weighted by Gasteiger charge is -2.45. The Kier molecular flexibility index (Phi) is 5.97. The minimum Gasteiger partial charge on any atom is -0.381 e. The van der Waals surface area contributed by atoms with Crippen molar-refractivity contribution in [2.45, 2.75) is 50.4 Å². The largest absolute Gasteiger partial charge is 0.381 e. The number of hydrogen-bond donors (Lipinski definition) is 1. The Morgan fingerprint density at radius 2 is 1.97 bits per heavy atom. The van der Waals surface area contributed by atoms with Crippen LogP contribution < -0.4 is 5.32 Å². The molecule has 0 spiro atoms. The highest BCUT2D eigenvalue weighted by Gasteiger charge is 2.47. The molecule has 2 aliphatic heterocycles. The van der Waals surface area contributed by atoms with E-state index in [0.717, 1.165) is 35.7 Å². The Bertz CT molecular complexity index is 960. The third-order valence-electron chi connectivity index (χ3n) is 6.77. The lowest BCUT2D eigenvalue weighted by atomic mass is 9.71. The Morgan fingerprint density at radius 1 is 1.19 bits per heavy atom. The molecule has 0 saturated carbocycles. The monoisotopic (exact) mass is 426 g/mol. The van der Waals surface area contributed by atoms with Crippen molar-refractivity contribution >= 4 is 11.7 Å². The molecule has 2 aliphatic rings. The van der Waals surface area contributed by atoms with Gasteiger partial charge in [0.05, 0.1) is 5.41 Å². The van der Waals surface area contributed by atoms with Crippen LogP contribution in [0.15, 0.2) is 30.3 Å². The van der Waals surface area contributed by atoms with Crippen LogP contribution >= 0.6 is 0 Å². The molecule has 1 aromatic carbocycles. The molecule has 1 aromatic heterocycles. The molecule has 2 saturated heterocycles. The van der Waals surface area contributed by atoms with Gasteiger partial charge in [-0.25, -0.2) is 14.4 Å². The molecule has 1 atom stereocenters. The third-order valence-corrected chi connectivity index (χ3v) is 6.77. The molecule has 6 nitrogen and oxygen atoms in total. The minimum atomic E-state index is -0.748. The maximum atomic E-state index is 14.1. The normalized spacial score (nSPS) is 23.4. The molecule has 2 aromatic rings. The van der Waals surface area contributed by atoms with Crippen LogP contribution in [0.3, 0.4) is 0 Å². The molecule has 1 amide bonds. The van der Waals surface area contributed by atoms with Crippen LogP contribution in [0.25, 0.3) is 0 Å². The lowest BCUT2D eigenvalue weighted by Crippen LogP contribution is -2.55. The summed E-state index contributed by atoms with van der Waals surface area (Å²) in [5.41, 5.74) is 0.569. The van der Waals surface area contributed by atoms with Gasteiger partial charge in [-0.15, -0.1) is 0 Å². The number of aromatic nitrogens is 2. The highest BCUT2D eigenvalue weighted by Crippen LogP contribution is 2.40. The predicted octanol–water partition coefficient (Wildman–Crippen LogP) is 3.59. The van der Waals surface area contributed by atoms with Crippen molar-refractivity contribution in [2.24, 2.45) is 0 Å². The summed E-state index contributed by atoms with van der Waals surface area (Å²) in [6.45, 7) is 6.34. The van der Waals surface area contributed by atoms with Gasteiger partial charge in [-0.3, -0.25) is 4.79 Å². The smallest absolute Gasteiger partial charge is 0.233 e. The zero-order valence-corrected chi connectivity index (χ0v) is 18.6. The minimum absolute atomic E-state index is 0.0637. The first-order valence-corrected chi connectivity index (χ1v) is 11.0. The first kappa shape index (κ1) is 21.7. The molecule has 7 heteroatoms. The van der Waals surface area contributed by atoms with Crippen molar-refractivity contribution in [3.8, 4) is 0 Å². The Morgan fingerprint density at radius 3 is 2.68 bits per heavy atom. The third kappa shape index (κ3) is 4.15. The summed E-state index contributed by atoms with van der Waals surface area (Å²) >= 11 is 0. The molecular formula is C24H31FN4O2. The summed E-state index contributed by atoms with van der Waals surface area (Å²) in [5.74, 6) is 1.30. The topological polar surface area (TPSA) is 67.4 Å². The quantitative estimate of drug-likeness (QED) is 0.809. The van der Waals surface area contributed by atoms with Gasteiger partial charge in [0.25, 0.3) is 0 Å². The standard InChI is InChI=1S/C24H31FN4O2/c1-17-14-20(26-3)28-21(27-17)23(2)8-5-11-29(16-23)22(30)24(9-12-31-13-10-24)18-6-4-7-19(25)15-18/h4,6-7,14-15H,5,8-13,16H2,1-3H3,(H,26,27,28)/t23-/m0/s1.